The minimum atomic E-state index is -0.247. The maximum Gasteiger partial charge on any atom is 0.287 e. The molecule has 0 bridgehead atoms. The van der Waals surface area contributed by atoms with E-state index in [0.29, 0.717) is 18.8 Å². The topological polar surface area (TPSA) is 59.8 Å². The zero-order valence-corrected chi connectivity index (χ0v) is 13.1. The predicted octanol–water partition coefficient (Wildman–Crippen LogP) is 2.73. The highest BCUT2D eigenvalue weighted by atomic mass is 35.5. The minimum absolute atomic E-state index is 0.197. The van der Waals surface area contributed by atoms with Gasteiger partial charge in [0.2, 0.25) is 0 Å². The van der Waals surface area contributed by atoms with Gasteiger partial charge in [-0.15, -0.1) is 11.3 Å². The van der Waals surface area contributed by atoms with Gasteiger partial charge < -0.3 is 5.32 Å². The van der Waals surface area contributed by atoms with Gasteiger partial charge in [0.05, 0.1) is 22.6 Å². The Kier molecular flexibility index (Phi) is 5.14. The summed E-state index contributed by atoms with van der Waals surface area (Å²) >= 11 is 7.70. The van der Waals surface area contributed by atoms with Crippen molar-refractivity contribution in [3.05, 3.63) is 37.7 Å². The molecule has 2 aromatic heterocycles. The Bertz CT molecular complexity index is 638. The third-order valence-electron chi connectivity index (χ3n) is 2.78. The molecule has 5 nitrogen and oxygen atoms in total. The Morgan fingerprint density at radius 3 is 2.95 bits per heavy atom. The third kappa shape index (κ3) is 3.58. The van der Waals surface area contributed by atoms with Crippen LogP contribution >= 0.6 is 22.9 Å². The van der Waals surface area contributed by atoms with Crippen LogP contribution in [0, 0.1) is 6.92 Å². The highest BCUT2D eigenvalue weighted by Crippen LogP contribution is 2.15. The number of hydrogen-bond acceptors (Lipinski definition) is 5. The van der Waals surface area contributed by atoms with E-state index < -0.39 is 0 Å². The number of hydrogen-bond donors (Lipinski definition) is 1. The zero-order chi connectivity index (χ0) is 14.5. The lowest BCUT2D eigenvalue weighted by Gasteiger charge is -2.09. The van der Waals surface area contributed by atoms with Gasteiger partial charge in [-0.3, -0.25) is 4.79 Å². The summed E-state index contributed by atoms with van der Waals surface area (Å²) in [5, 5.41) is 10.5. The molecule has 20 heavy (non-hydrogen) atoms. The first kappa shape index (κ1) is 15.0. The molecule has 2 heterocycles. The Balaban J connectivity index is 1.99. The Hall–Kier alpha value is -1.40. The molecular formula is C13H17ClN4OS. The van der Waals surface area contributed by atoms with Gasteiger partial charge in [0, 0.05) is 24.9 Å². The predicted molar refractivity (Wildman–Crippen MR) is 82.8 cm³/mol. The van der Waals surface area contributed by atoms with Crippen molar-refractivity contribution in [3.8, 4) is 0 Å². The van der Waals surface area contributed by atoms with Gasteiger partial charge >= 0.3 is 0 Å². The molecule has 0 amide bonds. The SMILES string of the molecule is CCCn1ncc(NCCc2csc(C)n2)c(Cl)c1=O. The Morgan fingerprint density at radius 1 is 1.50 bits per heavy atom. The number of nitrogens with zero attached hydrogens (tertiary/aromatic N) is 3. The second-order valence-corrected chi connectivity index (χ2v) is 5.88. The number of thiazole rings is 1. The summed E-state index contributed by atoms with van der Waals surface area (Å²) in [6.07, 6.45) is 3.24. The highest BCUT2D eigenvalue weighted by molar-refractivity contribution is 7.09. The van der Waals surface area contributed by atoms with E-state index in [4.69, 9.17) is 11.6 Å². The van der Waals surface area contributed by atoms with Crippen LogP contribution < -0.4 is 10.9 Å². The largest absolute Gasteiger partial charge is 0.382 e. The molecule has 2 rings (SSSR count). The number of nitrogens with one attached hydrogen (secondary N) is 1. The first-order valence-corrected chi connectivity index (χ1v) is 7.78. The van der Waals surface area contributed by atoms with Crippen LogP contribution in [-0.2, 0) is 13.0 Å². The summed E-state index contributed by atoms with van der Waals surface area (Å²) in [5.74, 6) is 0. The molecule has 2 aromatic rings. The summed E-state index contributed by atoms with van der Waals surface area (Å²) in [7, 11) is 0. The van der Waals surface area contributed by atoms with Crippen LogP contribution in [0.4, 0.5) is 5.69 Å². The summed E-state index contributed by atoms with van der Waals surface area (Å²) in [5.41, 5.74) is 1.38. The second-order valence-electron chi connectivity index (χ2n) is 4.44. The lowest BCUT2D eigenvalue weighted by Crippen LogP contribution is -2.24. The molecule has 0 fully saturated rings. The van der Waals surface area contributed by atoms with E-state index in [9.17, 15) is 4.79 Å². The van der Waals surface area contributed by atoms with E-state index in [1.54, 1.807) is 17.5 Å². The van der Waals surface area contributed by atoms with Gasteiger partial charge in [0.25, 0.3) is 5.56 Å². The minimum Gasteiger partial charge on any atom is -0.382 e. The van der Waals surface area contributed by atoms with Gasteiger partial charge in [-0.1, -0.05) is 18.5 Å². The van der Waals surface area contributed by atoms with Gasteiger partial charge in [-0.2, -0.15) is 5.10 Å². The van der Waals surface area contributed by atoms with E-state index in [1.807, 2.05) is 19.2 Å². The van der Waals surface area contributed by atoms with Gasteiger partial charge in [-0.25, -0.2) is 9.67 Å². The van der Waals surface area contributed by atoms with E-state index in [1.165, 1.54) is 4.68 Å². The number of rotatable bonds is 6. The van der Waals surface area contributed by atoms with Gasteiger partial charge in [0.15, 0.2) is 0 Å². The van der Waals surface area contributed by atoms with Crippen molar-refractivity contribution in [2.45, 2.75) is 33.2 Å². The first-order valence-electron chi connectivity index (χ1n) is 6.52. The van der Waals surface area contributed by atoms with Crippen molar-refractivity contribution in [1.82, 2.24) is 14.8 Å². The van der Waals surface area contributed by atoms with Crippen LogP contribution in [0.2, 0.25) is 5.02 Å². The van der Waals surface area contributed by atoms with Gasteiger partial charge in [-0.05, 0) is 13.3 Å². The van der Waals surface area contributed by atoms with E-state index >= 15 is 0 Å². The molecule has 1 N–H and O–H groups in total. The standard InChI is InChI=1S/C13H17ClN4OS/c1-3-6-18-13(19)12(14)11(7-16-18)15-5-4-10-8-20-9(2)17-10/h7-8,15H,3-6H2,1-2H3. The molecule has 0 aliphatic heterocycles. The zero-order valence-electron chi connectivity index (χ0n) is 11.5. The molecule has 0 atom stereocenters. The Labute approximate surface area is 126 Å². The highest BCUT2D eigenvalue weighted by Gasteiger charge is 2.08. The van der Waals surface area contributed by atoms with Crippen LogP contribution in [0.25, 0.3) is 0 Å². The Morgan fingerprint density at radius 2 is 2.30 bits per heavy atom. The molecule has 0 spiro atoms. The number of halogens is 1. The fourth-order valence-electron chi connectivity index (χ4n) is 1.81. The average molecular weight is 313 g/mol. The van der Waals surface area contributed by atoms with Crippen molar-refractivity contribution in [3.63, 3.8) is 0 Å². The number of aromatic nitrogens is 3. The van der Waals surface area contributed by atoms with Crippen molar-refractivity contribution in [1.29, 1.82) is 0 Å². The maximum atomic E-state index is 11.9. The summed E-state index contributed by atoms with van der Waals surface area (Å²) in [4.78, 5) is 16.3. The molecule has 108 valence electrons. The lowest BCUT2D eigenvalue weighted by molar-refractivity contribution is 0.568. The van der Waals surface area contributed by atoms with Crippen molar-refractivity contribution in [2.24, 2.45) is 0 Å². The average Bonchev–Trinajstić information content (AvgIpc) is 2.84. The smallest absolute Gasteiger partial charge is 0.287 e. The first-order chi connectivity index (χ1) is 9.61. The lowest BCUT2D eigenvalue weighted by atomic mass is 10.3. The van der Waals surface area contributed by atoms with Crippen LogP contribution in [0.3, 0.4) is 0 Å². The molecule has 0 saturated carbocycles. The van der Waals surface area contributed by atoms with Gasteiger partial charge in [0.1, 0.15) is 5.02 Å². The van der Waals surface area contributed by atoms with Crippen LogP contribution in [0.5, 0.6) is 0 Å². The monoisotopic (exact) mass is 312 g/mol. The molecule has 0 aromatic carbocycles. The number of anilines is 1. The molecular weight excluding hydrogens is 296 g/mol. The van der Waals surface area contributed by atoms with E-state index in [-0.39, 0.29) is 10.6 Å². The van der Waals surface area contributed by atoms with Crippen molar-refractivity contribution in [2.75, 3.05) is 11.9 Å². The van der Waals surface area contributed by atoms with Crippen molar-refractivity contribution < 1.29 is 0 Å². The van der Waals surface area contributed by atoms with Crippen LogP contribution in [-0.4, -0.2) is 21.3 Å². The number of aryl methyl sites for hydroxylation is 2. The maximum absolute atomic E-state index is 11.9. The molecule has 0 aliphatic carbocycles. The molecule has 0 unspecified atom stereocenters. The fraction of sp³-hybridized carbons (Fsp3) is 0.462. The second kappa shape index (κ2) is 6.85. The summed E-state index contributed by atoms with van der Waals surface area (Å²) < 4.78 is 1.39. The summed E-state index contributed by atoms with van der Waals surface area (Å²) in [6, 6.07) is 0. The fourth-order valence-corrected chi connectivity index (χ4v) is 2.67. The molecule has 0 aliphatic rings. The normalized spacial score (nSPS) is 10.8. The third-order valence-corrected chi connectivity index (χ3v) is 3.97. The molecule has 0 radical (unpaired) electrons. The van der Waals surface area contributed by atoms with Crippen LogP contribution in [0.1, 0.15) is 24.0 Å². The molecule has 7 heteroatoms. The van der Waals surface area contributed by atoms with E-state index in [2.05, 4.69) is 15.4 Å². The van der Waals surface area contributed by atoms with E-state index in [0.717, 1.165) is 23.5 Å². The van der Waals surface area contributed by atoms with Crippen molar-refractivity contribution >= 4 is 28.6 Å². The summed E-state index contributed by atoms with van der Waals surface area (Å²) in [6.45, 7) is 5.22. The van der Waals surface area contributed by atoms with Crippen LogP contribution in [0.15, 0.2) is 16.4 Å². The quantitative estimate of drug-likeness (QED) is 0.891. The molecule has 0 saturated heterocycles.